The molecule has 1 atom stereocenters. The van der Waals surface area contributed by atoms with Crippen LogP contribution in [0.1, 0.15) is 11.7 Å². The van der Waals surface area contributed by atoms with Gasteiger partial charge in [-0.15, -0.1) is 0 Å². The van der Waals surface area contributed by atoms with Crippen LogP contribution in [0.5, 0.6) is 0 Å². The first-order chi connectivity index (χ1) is 8.81. The molecule has 0 fully saturated rings. The number of benzene rings is 1. The van der Waals surface area contributed by atoms with Gasteiger partial charge in [-0.1, -0.05) is 6.07 Å². The molecule has 0 radical (unpaired) electrons. The molecule has 0 aromatic heterocycles. The van der Waals surface area contributed by atoms with Gasteiger partial charge in [-0.3, -0.25) is 9.69 Å². The zero-order valence-corrected chi connectivity index (χ0v) is 11.2. The number of hydrogen-bond donors (Lipinski definition) is 1. The SMILES string of the molecule is CN(CC(=O)N(C)C)CC(O)c1ccc(F)c(F)c1. The Hall–Kier alpha value is -1.53. The van der Waals surface area contributed by atoms with Crippen LogP contribution in [-0.4, -0.2) is 55.0 Å². The molecule has 1 unspecified atom stereocenters. The number of rotatable bonds is 5. The van der Waals surface area contributed by atoms with Crippen LogP contribution in [-0.2, 0) is 4.79 Å². The first-order valence-corrected chi connectivity index (χ1v) is 5.83. The van der Waals surface area contributed by atoms with Gasteiger partial charge in [0.1, 0.15) is 0 Å². The van der Waals surface area contributed by atoms with Crippen molar-refractivity contribution >= 4 is 5.91 Å². The van der Waals surface area contributed by atoms with E-state index >= 15 is 0 Å². The third-order valence-corrected chi connectivity index (χ3v) is 2.72. The number of amides is 1. The quantitative estimate of drug-likeness (QED) is 0.870. The first-order valence-electron chi connectivity index (χ1n) is 5.83. The van der Waals surface area contributed by atoms with Crippen molar-refractivity contribution in [3.63, 3.8) is 0 Å². The molecule has 0 spiro atoms. The van der Waals surface area contributed by atoms with Crippen LogP contribution < -0.4 is 0 Å². The summed E-state index contributed by atoms with van der Waals surface area (Å²) in [6.07, 6.45) is -0.977. The van der Waals surface area contributed by atoms with E-state index in [9.17, 15) is 18.7 Å². The molecule has 0 bridgehead atoms. The number of halogens is 2. The Morgan fingerprint density at radius 2 is 1.89 bits per heavy atom. The number of carbonyl (C=O) groups excluding carboxylic acids is 1. The molecule has 0 heterocycles. The lowest BCUT2D eigenvalue weighted by Crippen LogP contribution is -2.36. The van der Waals surface area contributed by atoms with Crippen LogP contribution in [0.15, 0.2) is 18.2 Å². The van der Waals surface area contributed by atoms with Crippen LogP contribution in [0.3, 0.4) is 0 Å². The maximum atomic E-state index is 13.0. The Morgan fingerprint density at radius 1 is 1.26 bits per heavy atom. The fraction of sp³-hybridized carbons (Fsp3) is 0.462. The van der Waals surface area contributed by atoms with E-state index in [0.717, 1.165) is 12.1 Å². The second-order valence-electron chi connectivity index (χ2n) is 4.67. The Kier molecular flexibility index (Phi) is 5.38. The van der Waals surface area contributed by atoms with Crippen molar-refractivity contribution in [3.8, 4) is 0 Å². The van der Waals surface area contributed by atoms with Gasteiger partial charge in [0.25, 0.3) is 0 Å². The predicted octanol–water partition coefficient (Wildman–Crippen LogP) is 1.02. The predicted molar refractivity (Wildman–Crippen MR) is 67.5 cm³/mol. The van der Waals surface area contributed by atoms with E-state index in [4.69, 9.17) is 0 Å². The molecule has 1 aromatic carbocycles. The van der Waals surface area contributed by atoms with Crippen molar-refractivity contribution in [2.45, 2.75) is 6.10 Å². The number of aliphatic hydroxyl groups excluding tert-OH is 1. The summed E-state index contributed by atoms with van der Waals surface area (Å²) in [5, 5.41) is 9.90. The summed E-state index contributed by atoms with van der Waals surface area (Å²) in [7, 11) is 4.95. The topological polar surface area (TPSA) is 43.8 Å². The molecule has 1 N–H and O–H groups in total. The molecule has 1 aromatic rings. The molecule has 0 aliphatic carbocycles. The van der Waals surface area contributed by atoms with Crippen molar-refractivity contribution in [1.82, 2.24) is 9.80 Å². The molecule has 1 amide bonds. The Labute approximate surface area is 111 Å². The lowest BCUT2D eigenvalue weighted by molar-refractivity contribution is -0.129. The molecule has 0 aliphatic heterocycles. The van der Waals surface area contributed by atoms with Gasteiger partial charge in [-0.25, -0.2) is 8.78 Å². The summed E-state index contributed by atoms with van der Waals surface area (Å²) in [5.74, 6) is -2.05. The maximum Gasteiger partial charge on any atom is 0.236 e. The van der Waals surface area contributed by atoms with E-state index in [2.05, 4.69) is 0 Å². The van der Waals surface area contributed by atoms with Gasteiger partial charge < -0.3 is 10.0 Å². The van der Waals surface area contributed by atoms with Crippen LogP contribution in [0, 0.1) is 11.6 Å². The van der Waals surface area contributed by atoms with E-state index < -0.39 is 17.7 Å². The van der Waals surface area contributed by atoms with Crippen molar-refractivity contribution < 1.29 is 18.7 Å². The van der Waals surface area contributed by atoms with E-state index in [0.29, 0.717) is 0 Å². The van der Waals surface area contributed by atoms with Gasteiger partial charge in [0.2, 0.25) is 5.91 Å². The van der Waals surface area contributed by atoms with Crippen LogP contribution in [0.25, 0.3) is 0 Å². The van der Waals surface area contributed by atoms with E-state index in [1.165, 1.54) is 11.0 Å². The van der Waals surface area contributed by atoms with E-state index in [1.54, 1.807) is 26.0 Å². The van der Waals surface area contributed by atoms with Gasteiger partial charge in [-0.2, -0.15) is 0 Å². The maximum absolute atomic E-state index is 13.0. The highest BCUT2D eigenvalue weighted by Gasteiger charge is 2.15. The van der Waals surface area contributed by atoms with Crippen molar-refractivity contribution in [1.29, 1.82) is 0 Å². The standard InChI is InChI=1S/C13H18F2N2O2/c1-16(2)13(19)8-17(3)7-12(18)9-4-5-10(14)11(15)6-9/h4-6,12,18H,7-8H2,1-3H3. The smallest absolute Gasteiger partial charge is 0.236 e. The van der Waals surface area contributed by atoms with Crippen LogP contribution >= 0.6 is 0 Å². The first kappa shape index (κ1) is 15.5. The molecule has 0 saturated heterocycles. The van der Waals surface area contributed by atoms with Crippen molar-refractivity contribution in [3.05, 3.63) is 35.4 Å². The van der Waals surface area contributed by atoms with E-state index in [-0.39, 0.29) is 24.6 Å². The monoisotopic (exact) mass is 272 g/mol. The van der Waals surface area contributed by atoms with Crippen LogP contribution in [0.2, 0.25) is 0 Å². The van der Waals surface area contributed by atoms with Crippen molar-refractivity contribution in [2.75, 3.05) is 34.2 Å². The fourth-order valence-corrected chi connectivity index (χ4v) is 1.56. The number of hydrogen-bond acceptors (Lipinski definition) is 3. The van der Waals surface area contributed by atoms with Gasteiger partial charge in [0.05, 0.1) is 12.6 Å². The third-order valence-electron chi connectivity index (χ3n) is 2.72. The minimum Gasteiger partial charge on any atom is -0.387 e. The zero-order valence-electron chi connectivity index (χ0n) is 11.2. The number of likely N-dealkylation sites (N-methyl/N-ethyl adjacent to an activating group) is 2. The number of nitrogens with zero attached hydrogens (tertiary/aromatic N) is 2. The average Bonchev–Trinajstić information content (AvgIpc) is 2.32. The molecule has 1 rings (SSSR count). The molecular formula is C13H18F2N2O2. The third kappa shape index (κ3) is 4.57. The molecule has 19 heavy (non-hydrogen) atoms. The second-order valence-corrected chi connectivity index (χ2v) is 4.67. The highest BCUT2D eigenvalue weighted by atomic mass is 19.2. The largest absolute Gasteiger partial charge is 0.387 e. The molecule has 6 heteroatoms. The van der Waals surface area contributed by atoms with Gasteiger partial charge in [-0.05, 0) is 24.7 Å². The summed E-state index contributed by atoms with van der Waals surface area (Å²) < 4.78 is 25.8. The lowest BCUT2D eigenvalue weighted by atomic mass is 10.1. The minimum absolute atomic E-state index is 0.0972. The number of aliphatic hydroxyl groups is 1. The second kappa shape index (κ2) is 6.58. The molecule has 4 nitrogen and oxygen atoms in total. The highest BCUT2D eigenvalue weighted by molar-refractivity contribution is 5.77. The van der Waals surface area contributed by atoms with Crippen molar-refractivity contribution in [2.24, 2.45) is 0 Å². The number of carbonyl (C=O) groups is 1. The van der Waals surface area contributed by atoms with Gasteiger partial charge in [0, 0.05) is 20.6 Å². The van der Waals surface area contributed by atoms with Gasteiger partial charge >= 0.3 is 0 Å². The summed E-state index contributed by atoms with van der Waals surface area (Å²) in [6.45, 7) is 0.304. The summed E-state index contributed by atoms with van der Waals surface area (Å²) in [6, 6.07) is 3.26. The average molecular weight is 272 g/mol. The van der Waals surface area contributed by atoms with Gasteiger partial charge in [0.15, 0.2) is 11.6 Å². The Bertz CT molecular complexity index is 452. The highest BCUT2D eigenvalue weighted by Crippen LogP contribution is 2.17. The molecule has 106 valence electrons. The fourth-order valence-electron chi connectivity index (χ4n) is 1.56. The molecule has 0 saturated carbocycles. The lowest BCUT2D eigenvalue weighted by Gasteiger charge is -2.22. The summed E-state index contributed by atoms with van der Waals surface area (Å²) >= 11 is 0. The zero-order chi connectivity index (χ0) is 14.6. The normalized spacial score (nSPS) is 12.6. The van der Waals surface area contributed by atoms with Crippen LogP contribution in [0.4, 0.5) is 8.78 Å². The Morgan fingerprint density at radius 3 is 2.42 bits per heavy atom. The Balaban J connectivity index is 2.61. The summed E-state index contributed by atoms with van der Waals surface area (Å²) in [4.78, 5) is 14.5. The summed E-state index contributed by atoms with van der Waals surface area (Å²) in [5.41, 5.74) is 0.281. The van der Waals surface area contributed by atoms with E-state index in [1.807, 2.05) is 0 Å². The molecular weight excluding hydrogens is 254 g/mol. The minimum atomic E-state index is -0.997. The molecule has 0 aliphatic rings.